The first-order valence-corrected chi connectivity index (χ1v) is 6.97. The summed E-state index contributed by atoms with van der Waals surface area (Å²) in [6.07, 6.45) is 0.996. The summed E-state index contributed by atoms with van der Waals surface area (Å²) < 4.78 is 5.33. The molecule has 0 saturated heterocycles. The second-order valence-corrected chi connectivity index (χ2v) is 4.77. The van der Waals surface area contributed by atoms with Gasteiger partial charge >= 0.3 is 6.03 Å². The van der Waals surface area contributed by atoms with E-state index in [-0.39, 0.29) is 12.1 Å². The molecule has 22 heavy (non-hydrogen) atoms. The highest BCUT2D eigenvalue weighted by Crippen LogP contribution is 2.19. The van der Waals surface area contributed by atoms with Crippen LogP contribution >= 0.6 is 0 Å². The third-order valence-electron chi connectivity index (χ3n) is 3.08. The topological polar surface area (TPSA) is 104 Å². The van der Waals surface area contributed by atoms with Crippen molar-refractivity contribution in [2.45, 2.75) is 32.7 Å². The van der Waals surface area contributed by atoms with Crippen molar-refractivity contribution in [3.05, 3.63) is 30.2 Å². The van der Waals surface area contributed by atoms with E-state index in [0.717, 1.165) is 5.56 Å². The highest BCUT2D eigenvalue weighted by molar-refractivity contribution is 5.89. The van der Waals surface area contributed by atoms with E-state index in [1.807, 2.05) is 13.0 Å². The van der Waals surface area contributed by atoms with Crippen molar-refractivity contribution in [3.8, 4) is 17.5 Å². The molecule has 0 aliphatic heterocycles. The van der Waals surface area contributed by atoms with E-state index in [2.05, 4.69) is 20.8 Å². The number of aromatic nitrogens is 2. The summed E-state index contributed by atoms with van der Waals surface area (Å²) in [5, 5.41) is 21.8. The third-order valence-corrected chi connectivity index (χ3v) is 3.08. The van der Waals surface area contributed by atoms with Crippen LogP contribution in [-0.4, -0.2) is 22.3 Å². The molecule has 1 atom stereocenters. The number of anilines is 1. The zero-order chi connectivity index (χ0) is 15.9. The largest absolute Gasteiger partial charge is 0.421 e. The van der Waals surface area contributed by atoms with Gasteiger partial charge in [-0.15, -0.1) is 10.2 Å². The zero-order valence-electron chi connectivity index (χ0n) is 12.5. The minimum Gasteiger partial charge on any atom is -0.421 e. The lowest BCUT2D eigenvalue weighted by Crippen LogP contribution is -2.37. The Morgan fingerprint density at radius 2 is 2.09 bits per heavy atom. The lowest BCUT2D eigenvalue weighted by atomic mass is 10.2. The van der Waals surface area contributed by atoms with Crippen LogP contribution in [0.3, 0.4) is 0 Å². The Labute approximate surface area is 128 Å². The summed E-state index contributed by atoms with van der Waals surface area (Å²) in [5.41, 5.74) is 1.42. The number of aryl methyl sites for hydroxylation is 1. The van der Waals surface area contributed by atoms with Crippen LogP contribution < -0.4 is 10.6 Å². The summed E-state index contributed by atoms with van der Waals surface area (Å²) in [6.45, 7) is 3.64. The normalized spacial score (nSPS) is 11.5. The maximum Gasteiger partial charge on any atom is 0.319 e. The van der Waals surface area contributed by atoms with Gasteiger partial charge in [-0.05, 0) is 30.7 Å². The molecule has 0 radical (unpaired) electrons. The van der Waals surface area contributed by atoms with Crippen molar-refractivity contribution in [1.82, 2.24) is 15.5 Å². The highest BCUT2D eigenvalue weighted by Gasteiger charge is 2.10. The number of urea groups is 1. The van der Waals surface area contributed by atoms with E-state index in [1.165, 1.54) is 0 Å². The van der Waals surface area contributed by atoms with Crippen LogP contribution in [0.15, 0.2) is 28.7 Å². The van der Waals surface area contributed by atoms with Crippen LogP contribution in [0.5, 0.6) is 0 Å². The molecule has 2 N–H and O–H groups in total. The number of benzene rings is 1. The van der Waals surface area contributed by atoms with Crippen molar-refractivity contribution in [2.24, 2.45) is 0 Å². The van der Waals surface area contributed by atoms with Gasteiger partial charge in [0, 0.05) is 24.2 Å². The number of carbonyl (C=O) groups is 1. The smallest absolute Gasteiger partial charge is 0.319 e. The Bertz CT molecular complexity index is 672. The molecule has 0 saturated carbocycles. The van der Waals surface area contributed by atoms with Gasteiger partial charge < -0.3 is 15.1 Å². The van der Waals surface area contributed by atoms with Crippen molar-refractivity contribution in [1.29, 1.82) is 5.26 Å². The molecule has 0 spiro atoms. The van der Waals surface area contributed by atoms with Gasteiger partial charge in [-0.1, -0.05) is 6.92 Å². The molecular weight excluding hydrogens is 282 g/mol. The molecule has 0 fully saturated rings. The second kappa shape index (κ2) is 7.22. The first-order valence-electron chi connectivity index (χ1n) is 6.97. The number of hydrogen-bond acceptors (Lipinski definition) is 5. The van der Waals surface area contributed by atoms with Crippen LogP contribution in [0.25, 0.3) is 11.5 Å². The van der Waals surface area contributed by atoms with Gasteiger partial charge in [0.1, 0.15) is 0 Å². The van der Waals surface area contributed by atoms with E-state index < -0.39 is 0 Å². The average molecular weight is 299 g/mol. The van der Waals surface area contributed by atoms with Gasteiger partial charge in [-0.3, -0.25) is 0 Å². The Hall–Kier alpha value is -2.88. The van der Waals surface area contributed by atoms with Crippen molar-refractivity contribution in [2.75, 3.05) is 5.32 Å². The molecule has 0 aliphatic carbocycles. The summed E-state index contributed by atoms with van der Waals surface area (Å²) in [7, 11) is 0. The Morgan fingerprint density at radius 3 is 2.64 bits per heavy atom. The fourth-order valence-electron chi connectivity index (χ4n) is 1.87. The van der Waals surface area contributed by atoms with Crippen LogP contribution in [0.2, 0.25) is 0 Å². The monoisotopic (exact) mass is 299 g/mol. The summed E-state index contributed by atoms with van der Waals surface area (Å²) in [6, 6.07) is 8.65. The third kappa shape index (κ3) is 4.06. The maximum atomic E-state index is 11.8. The molecule has 1 heterocycles. The number of rotatable bonds is 5. The molecule has 7 heteroatoms. The standard InChI is InChI=1S/C15H17N5O2/c1-3-12(8-9-16)17-15(21)18-13-6-4-11(5-7-13)14-20-19-10(2)22-14/h4-7,12H,3,8H2,1-2H3,(H2,17,18,21)/t12-/m0/s1. The molecule has 0 aliphatic rings. The van der Waals surface area contributed by atoms with Crippen molar-refractivity contribution < 1.29 is 9.21 Å². The number of amides is 2. The van der Waals surface area contributed by atoms with Crippen LogP contribution in [0, 0.1) is 18.3 Å². The van der Waals surface area contributed by atoms with Gasteiger partial charge in [0.15, 0.2) is 0 Å². The molecule has 114 valence electrons. The van der Waals surface area contributed by atoms with E-state index in [1.54, 1.807) is 31.2 Å². The summed E-state index contributed by atoms with van der Waals surface area (Å²) >= 11 is 0. The van der Waals surface area contributed by atoms with Gasteiger partial charge in [-0.25, -0.2) is 4.79 Å². The molecule has 0 bridgehead atoms. The van der Waals surface area contributed by atoms with Gasteiger partial charge in [0.2, 0.25) is 11.8 Å². The van der Waals surface area contributed by atoms with Crippen LogP contribution in [0.1, 0.15) is 25.7 Å². The maximum absolute atomic E-state index is 11.8. The van der Waals surface area contributed by atoms with E-state index in [9.17, 15) is 4.79 Å². The average Bonchev–Trinajstić information content (AvgIpc) is 2.94. The minimum absolute atomic E-state index is 0.148. The molecular formula is C15H17N5O2. The highest BCUT2D eigenvalue weighted by atomic mass is 16.4. The van der Waals surface area contributed by atoms with Crippen LogP contribution in [0.4, 0.5) is 10.5 Å². The second-order valence-electron chi connectivity index (χ2n) is 4.77. The van der Waals surface area contributed by atoms with Gasteiger partial charge in [-0.2, -0.15) is 5.26 Å². The fourth-order valence-corrected chi connectivity index (χ4v) is 1.87. The quantitative estimate of drug-likeness (QED) is 0.883. The number of hydrogen-bond donors (Lipinski definition) is 2. The molecule has 7 nitrogen and oxygen atoms in total. The molecule has 2 amide bonds. The van der Waals surface area contributed by atoms with E-state index in [4.69, 9.17) is 9.68 Å². The van der Waals surface area contributed by atoms with Gasteiger partial charge in [0.05, 0.1) is 12.5 Å². The van der Waals surface area contributed by atoms with E-state index >= 15 is 0 Å². The SMILES string of the molecule is CC[C@@H](CC#N)NC(=O)Nc1ccc(-c2nnc(C)o2)cc1. The van der Waals surface area contributed by atoms with Crippen LogP contribution in [-0.2, 0) is 0 Å². The summed E-state index contributed by atoms with van der Waals surface area (Å²) in [5.74, 6) is 0.938. The lowest BCUT2D eigenvalue weighted by Gasteiger charge is -2.14. The molecule has 1 aromatic carbocycles. The van der Waals surface area contributed by atoms with Crippen molar-refractivity contribution >= 4 is 11.7 Å². The van der Waals surface area contributed by atoms with Crippen molar-refractivity contribution in [3.63, 3.8) is 0 Å². The molecule has 2 rings (SSSR count). The predicted molar refractivity (Wildman–Crippen MR) is 80.9 cm³/mol. The Morgan fingerprint density at radius 1 is 1.36 bits per heavy atom. The Balaban J connectivity index is 1.96. The predicted octanol–water partition coefficient (Wildman–Crippen LogP) is 2.86. The minimum atomic E-state index is -0.330. The lowest BCUT2D eigenvalue weighted by molar-refractivity contribution is 0.248. The molecule has 0 unspecified atom stereocenters. The zero-order valence-corrected chi connectivity index (χ0v) is 12.5. The Kier molecular flexibility index (Phi) is 5.09. The number of nitriles is 1. The molecule has 2 aromatic rings. The number of nitrogens with zero attached hydrogens (tertiary/aromatic N) is 3. The first kappa shape index (κ1) is 15.5. The molecule has 1 aromatic heterocycles. The fraction of sp³-hybridized carbons (Fsp3) is 0.333. The summed E-state index contributed by atoms with van der Waals surface area (Å²) in [4.78, 5) is 11.8. The van der Waals surface area contributed by atoms with E-state index in [0.29, 0.717) is 30.3 Å². The number of nitrogens with one attached hydrogen (secondary N) is 2. The number of carbonyl (C=O) groups excluding carboxylic acids is 1. The van der Waals surface area contributed by atoms with Gasteiger partial charge in [0.25, 0.3) is 0 Å². The first-order chi connectivity index (χ1) is 10.6.